The van der Waals surface area contributed by atoms with Crippen LogP contribution in [0.1, 0.15) is 17.7 Å². The van der Waals surface area contributed by atoms with Crippen molar-refractivity contribution in [3.8, 4) is 5.75 Å². The van der Waals surface area contributed by atoms with Gasteiger partial charge >= 0.3 is 0 Å². The number of hydrogen-bond acceptors (Lipinski definition) is 3. The number of aryl methyl sites for hydroxylation is 1. The maximum Gasteiger partial charge on any atom is 0.138 e. The average molecular weight is 217 g/mol. The number of furan rings is 1. The van der Waals surface area contributed by atoms with Crippen molar-refractivity contribution in [2.75, 3.05) is 13.7 Å². The topological polar surface area (TPSA) is 34.4 Å². The standard InChI is InChI=1S/C13H15NO2/c1-15-11-4-2-5-12-13(11)9-8-14-7-3-6-10(9)16-12/h2,4-5,14H,3,6-8H2,1H3. The first-order valence-corrected chi connectivity index (χ1v) is 5.68. The maximum absolute atomic E-state index is 5.89. The van der Waals surface area contributed by atoms with E-state index in [1.54, 1.807) is 7.11 Å². The number of nitrogens with one attached hydrogen (secondary N) is 1. The Morgan fingerprint density at radius 1 is 1.38 bits per heavy atom. The summed E-state index contributed by atoms with van der Waals surface area (Å²) in [5.74, 6) is 2.02. The van der Waals surface area contributed by atoms with Crippen LogP contribution >= 0.6 is 0 Å². The molecule has 16 heavy (non-hydrogen) atoms. The molecule has 1 N–H and O–H groups in total. The van der Waals surface area contributed by atoms with Crippen molar-refractivity contribution >= 4 is 11.0 Å². The van der Waals surface area contributed by atoms with E-state index in [0.717, 1.165) is 48.4 Å². The highest BCUT2D eigenvalue weighted by Gasteiger charge is 2.18. The van der Waals surface area contributed by atoms with E-state index in [9.17, 15) is 0 Å². The fraction of sp³-hybridized carbons (Fsp3) is 0.385. The predicted molar refractivity (Wildman–Crippen MR) is 62.8 cm³/mol. The largest absolute Gasteiger partial charge is 0.496 e. The lowest BCUT2D eigenvalue weighted by Crippen LogP contribution is -2.12. The second-order valence-corrected chi connectivity index (χ2v) is 4.12. The minimum absolute atomic E-state index is 0.878. The van der Waals surface area contributed by atoms with Crippen LogP contribution in [-0.2, 0) is 13.0 Å². The second kappa shape index (κ2) is 3.83. The van der Waals surface area contributed by atoms with Crippen LogP contribution in [-0.4, -0.2) is 13.7 Å². The van der Waals surface area contributed by atoms with Crippen LogP contribution < -0.4 is 10.1 Å². The van der Waals surface area contributed by atoms with Crippen molar-refractivity contribution in [1.82, 2.24) is 5.32 Å². The summed E-state index contributed by atoms with van der Waals surface area (Å²) in [5.41, 5.74) is 2.21. The number of benzene rings is 1. The smallest absolute Gasteiger partial charge is 0.138 e. The van der Waals surface area contributed by atoms with E-state index in [4.69, 9.17) is 9.15 Å². The quantitative estimate of drug-likeness (QED) is 0.796. The molecule has 2 aromatic rings. The fourth-order valence-electron chi connectivity index (χ4n) is 2.37. The van der Waals surface area contributed by atoms with Gasteiger partial charge in [0.1, 0.15) is 17.1 Å². The van der Waals surface area contributed by atoms with Crippen LogP contribution in [0.5, 0.6) is 5.75 Å². The van der Waals surface area contributed by atoms with E-state index in [-0.39, 0.29) is 0 Å². The molecule has 1 aliphatic heterocycles. The molecule has 0 unspecified atom stereocenters. The number of fused-ring (bicyclic) bond motifs is 3. The van der Waals surface area contributed by atoms with Crippen LogP contribution in [0.3, 0.4) is 0 Å². The molecule has 3 rings (SSSR count). The minimum atomic E-state index is 0.878. The van der Waals surface area contributed by atoms with Gasteiger partial charge in [0.2, 0.25) is 0 Å². The molecule has 0 saturated carbocycles. The van der Waals surface area contributed by atoms with E-state index in [1.165, 1.54) is 5.56 Å². The van der Waals surface area contributed by atoms with Crippen molar-refractivity contribution in [1.29, 1.82) is 0 Å². The number of hydrogen-bond donors (Lipinski definition) is 1. The van der Waals surface area contributed by atoms with Gasteiger partial charge in [0, 0.05) is 18.5 Å². The summed E-state index contributed by atoms with van der Waals surface area (Å²) in [6.07, 6.45) is 2.15. The Balaban J connectivity index is 2.27. The van der Waals surface area contributed by atoms with E-state index >= 15 is 0 Å². The minimum Gasteiger partial charge on any atom is -0.496 e. The Hall–Kier alpha value is -1.48. The summed E-state index contributed by atoms with van der Waals surface area (Å²) in [4.78, 5) is 0. The first kappa shape index (κ1) is 9.73. The molecule has 1 aliphatic rings. The van der Waals surface area contributed by atoms with E-state index < -0.39 is 0 Å². The lowest BCUT2D eigenvalue weighted by molar-refractivity contribution is 0.419. The third-order valence-electron chi connectivity index (χ3n) is 3.14. The highest BCUT2D eigenvalue weighted by atomic mass is 16.5. The van der Waals surface area contributed by atoms with E-state index in [2.05, 4.69) is 5.32 Å². The summed E-state index contributed by atoms with van der Waals surface area (Å²) in [5, 5.41) is 4.55. The van der Waals surface area contributed by atoms with Crippen LogP contribution in [0.15, 0.2) is 22.6 Å². The molecule has 84 valence electrons. The van der Waals surface area contributed by atoms with Crippen LogP contribution in [0, 0.1) is 0 Å². The lowest BCUT2D eigenvalue weighted by Gasteiger charge is -2.03. The zero-order valence-electron chi connectivity index (χ0n) is 9.38. The van der Waals surface area contributed by atoms with Gasteiger partial charge in [-0.15, -0.1) is 0 Å². The van der Waals surface area contributed by atoms with E-state index in [1.807, 2.05) is 18.2 Å². The maximum atomic E-state index is 5.89. The van der Waals surface area contributed by atoms with Gasteiger partial charge in [0.05, 0.1) is 12.5 Å². The lowest BCUT2D eigenvalue weighted by atomic mass is 10.1. The Labute approximate surface area is 94.4 Å². The normalized spacial score (nSPS) is 15.8. The molecule has 0 bridgehead atoms. The van der Waals surface area contributed by atoms with Gasteiger partial charge in [0.25, 0.3) is 0 Å². The zero-order valence-corrected chi connectivity index (χ0v) is 9.38. The first-order valence-electron chi connectivity index (χ1n) is 5.68. The number of methoxy groups -OCH3 is 1. The van der Waals surface area contributed by atoms with Crippen LogP contribution in [0.4, 0.5) is 0 Å². The molecule has 2 heterocycles. The average Bonchev–Trinajstić information content (AvgIpc) is 2.52. The molecule has 0 spiro atoms. The van der Waals surface area contributed by atoms with Crippen molar-refractivity contribution in [2.24, 2.45) is 0 Å². The third kappa shape index (κ3) is 1.39. The molecule has 0 saturated heterocycles. The monoisotopic (exact) mass is 217 g/mol. The first-order chi connectivity index (χ1) is 7.90. The van der Waals surface area contributed by atoms with E-state index in [0.29, 0.717) is 0 Å². The molecule has 1 aromatic heterocycles. The zero-order chi connectivity index (χ0) is 11.0. The Kier molecular flexibility index (Phi) is 2.33. The SMILES string of the molecule is COc1cccc2oc3c(c12)CNCCC3. The van der Waals surface area contributed by atoms with Gasteiger partial charge in [-0.1, -0.05) is 6.07 Å². The molecular formula is C13H15NO2. The molecule has 3 nitrogen and oxygen atoms in total. The molecule has 0 aliphatic carbocycles. The van der Waals surface area contributed by atoms with Gasteiger partial charge in [0.15, 0.2) is 0 Å². The van der Waals surface area contributed by atoms with Gasteiger partial charge in [-0.25, -0.2) is 0 Å². The second-order valence-electron chi connectivity index (χ2n) is 4.12. The molecule has 3 heteroatoms. The van der Waals surface area contributed by atoms with Crippen molar-refractivity contribution in [3.05, 3.63) is 29.5 Å². The van der Waals surface area contributed by atoms with Gasteiger partial charge in [-0.2, -0.15) is 0 Å². The highest BCUT2D eigenvalue weighted by Crippen LogP contribution is 2.34. The van der Waals surface area contributed by atoms with Crippen LogP contribution in [0.25, 0.3) is 11.0 Å². The summed E-state index contributed by atoms with van der Waals surface area (Å²) in [7, 11) is 1.71. The summed E-state index contributed by atoms with van der Waals surface area (Å²) in [6, 6.07) is 5.97. The molecule has 0 atom stereocenters. The Morgan fingerprint density at radius 3 is 3.19 bits per heavy atom. The van der Waals surface area contributed by atoms with Gasteiger partial charge in [-0.05, 0) is 25.1 Å². The van der Waals surface area contributed by atoms with Gasteiger partial charge < -0.3 is 14.5 Å². The van der Waals surface area contributed by atoms with Crippen LogP contribution in [0.2, 0.25) is 0 Å². The summed E-state index contributed by atoms with van der Waals surface area (Å²) >= 11 is 0. The van der Waals surface area contributed by atoms with Crippen molar-refractivity contribution in [3.63, 3.8) is 0 Å². The molecular weight excluding hydrogens is 202 g/mol. The molecule has 0 fully saturated rings. The van der Waals surface area contributed by atoms with Gasteiger partial charge in [-0.3, -0.25) is 0 Å². The van der Waals surface area contributed by atoms with Crippen molar-refractivity contribution in [2.45, 2.75) is 19.4 Å². The molecule has 0 amide bonds. The molecule has 1 aromatic carbocycles. The number of ether oxygens (including phenoxy) is 1. The highest BCUT2D eigenvalue weighted by molar-refractivity contribution is 5.88. The Bertz CT molecular complexity index is 516. The Morgan fingerprint density at radius 2 is 2.31 bits per heavy atom. The summed E-state index contributed by atoms with van der Waals surface area (Å²) < 4.78 is 11.3. The van der Waals surface area contributed by atoms with Crippen molar-refractivity contribution < 1.29 is 9.15 Å². The number of rotatable bonds is 1. The predicted octanol–water partition coefficient (Wildman–Crippen LogP) is 2.48. The molecule has 0 radical (unpaired) electrons. The summed E-state index contributed by atoms with van der Waals surface area (Å²) in [6.45, 7) is 1.93. The third-order valence-corrected chi connectivity index (χ3v) is 3.14. The fourth-order valence-corrected chi connectivity index (χ4v) is 2.37.